The van der Waals surface area contributed by atoms with E-state index in [2.05, 4.69) is 131 Å². The number of esters is 2. The molecule has 6 unspecified atom stereocenters. The van der Waals surface area contributed by atoms with Crippen molar-refractivity contribution in [2.24, 2.45) is 0 Å². The van der Waals surface area contributed by atoms with Gasteiger partial charge in [-0.05, 0) is 20.8 Å². The summed E-state index contributed by atoms with van der Waals surface area (Å²) in [6.45, 7) is 33.1. The van der Waals surface area contributed by atoms with Crippen LogP contribution >= 0.6 is 0 Å². The number of nitrogen functional groups attached to an aromatic ring is 2. The van der Waals surface area contributed by atoms with Gasteiger partial charge in [0.15, 0.2) is 58.1 Å². The SMILES string of the molecule is [C-]#[N+]C(C(=O)OCC)c1nc(C(C#N)C(C)=O)nc(C(C#N)C(=O)OCC)n1.[C-]#[N+]c1ncc(N)c(N)n1.[C-]#[N+]c1ncc2[nH]c(C(C#N)c3nc(C(C#N)c4nc5nc(C#N)ncc5[nH]4)nc(C([N+]#[C-])c4nc5nc(C#N)ncc5[nH]4)n3)nc2n1. The highest BCUT2D eigenvalue weighted by Gasteiger charge is 2.37. The molecule has 37 nitrogen and oxygen atoms in total. The Kier molecular flexibility index (Phi) is 18.5. The minimum absolute atomic E-state index is 0.00638. The number of aromatic amines is 3. The maximum Gasteiger partial charge on any atom is 0.398 e. The summed E-state index contributed by atoms with van der Waals surface area (Å²) >= 11 is 0. The number of H-pyrrole nitrogens is 3. The smallest absolute Gasteiger partial charge is 0.398 e. The Bertz CT molecular complexity index is 4250. The zero-order chi connectivity index (χ0) is 62.2. The lowest BCUT2D eigenvalue weighted by atomic mass is 10.1. The lowest BCUT2D eigenvalue weighted by Crippen LogP contribution is -2.24. The van der Waals surface area contributed by atoms with Crippen LogP contribution < -0.4 is 11.5 Å². The second-order valence-electron chi connectivity index (χ2n) is 16.3. The first-order chi connectivity index (χ1) is 41.5. The highest BCUT2D eigenvalue weighted by Crippen LogP contribution is 2.30. The molecule has 0 aliphatic heterocycles. The van der Waals surface area contributed by atoms with Gasteiger partial charge in [-0.3, -0.25) is 19.3 Å². The number of fused-ring (bicyclic) bond motifs is 3. The summed E-state index contributed by atoms with van der Waals surface area (Å²) in [4.78, 5) is 127. The van der Waals surface area contributed by atoms with Crippen LogP contribution in [0, 0.1) is 94.3 Å². The number of carbonyl (C=O) groups is 3. The molecule has 0 aliphatic rings. The molecule has 0 radical (unpaired) electrons. The first-order valence-corrected chi connectivity index (χ1v) is 23.8. The van der Waals surface area contributed by atoms with Gasteiger partial charge in [-0.2, -0.15) is 56.5 Å². The van der Waals surface area contributed by atoms with Crippen molar-refractivity contribution < 1.29 is 23.9 Å². The van der Waals surface area contributed by atoms with Crippen LogP contribution in [0.25, 0.3) is 52.9 Å². The van der Waals surface area contributed by atoms with Crippen molar-refractivity contribution in [1.82, 2.24) is 99.7 Å². The van der Waals surface area contributed by atoms with E-state index in [-0.39, 0.29) is 100 Å². The van der Waals surface area contributed by atoms with Crippen LogP contribution in [0.15, 0.2) is 24.8 Å². The molecule has 9 heterocycles. The Hall–Kier alpha value is -14.1. The van der Waals surface area contributed by atoms with Crippen LogP contribution in [0.2, 0.25) is 0 Å². The van der Waals surface area contributed by atoms with E-state index in [1.54, 1.807) is 12.1 Å². The molecule has 7 N–H and O–H groups in total. The average Bonchev–Trinajstić information content (AvgIpc) is 1.82. The summed E-state index contributed by atoms with van der Waals surface area (Å²) in [5.41, 5.74) is 12.2. The Morgan fingerprint density at radius 1 is 0.523 bits per heavy atom. The van der Waals surface area contributed by atoms with Gasteiger partial charge in [0.05, 0.1) is 49.9 Å². The number of carbonyl (C=O) groups excluding carboxylic acids is 3. The minimum Gasteiger partial charge on any atom is -0.465 e. The molecular weight excluding hydrogens is 1120 g/mol. The van der Waals surface area contributed by atoms with Gasteiger partial charge >= 0.3 is 35.9 Å². The van der Waals surface area contributed by atoms with Crippen molar-refractivity contribution >= 4 is 74.6 Å². The fraction of sp³-hybridized carbons (Fsp3) is 0.224. The van der Waals surface area contributed by atoms with Crippen LogP contribution in [0.4, 0.5) is 23.4 Å². The maximum absolute atomic E-state index is 12.0. The number of Topliss-reactive ketones (excluding diaryl/α,β-unsaturated/α-hetero) is 1. The lowest BCUT2D eigenvalue weighted by molar-refractivity contribution is -0.144. The number of imidazole rings is 3. The Labute approximate surface area is 480 Å². The van der Waals surface area contributed by atoms with Crippen molar-refractivity contribution in [1.29, 1.82) is 31.6 Å². The first kappa shape index (κ1) is 59.5. The summed E-state index contributed by atoms with van der Waals surface area (Å²) in [5, 5.41) is 57.5. The first-order valence-electron chi connectivity index (χ1n) is 23.8. The largest absolute Gasteiger partial charge is 0.465 e. The summed E-state index contributed by atoms with van der Waals surface area (Å²) in [5.74, 6) is -10.1. The van der Waals surface area contributed by atoms with Gasteiger partial charge in [0.25, 0.3) is 0 Å². The summed E-state index contributed by atoms with van der Waals surface area (Å²) in [6, 6.07) is 8.22. The third-order valence-corrected chi connectivity index (χ3v) is 10.9. The molecule has 9 rings (SSSR count). The van der Waals surface area contributed by atoms with Gasteiger partial charge in [0, 0.05) is 0 Å². The molecule has 37 heteroatoms. The normalized spacial score (nSPS) is 12.3. The molecule has 0 aromatic carbocycles. The molecule has 6 atom stereocenters. The second-order valence-corrected chi connectivity index (χ2v) is 16.3. The number of nitriles is 6. The van der Waals surface area contributed by atoms with Gasteiger partial charge in [0.2, 0.25) is 46.5 Å². The van der Waals surface area contributed by atoms with E-state index >= 15 is 0 Å². The number of nitrogens with one attached hydrogen (secondary N) is 3. The molecular formula is C49H30N32O5. The number of hydrogen-bond acceptors (Lipinski definition) is 30. The van der Waals surface area contributed by atoms with Crippen LogP contribution in [-0.4, -0.2) is 131 Å². The molecule has 9 aromatic heterocycles. The van der Waals surface area contributed by atoms with Gasteiger partial charge in [0.1, 0.15) is 58.4 Å². The highest BCUT2D eigenvalue weighted by molar-refractivity contribution is 5.85. The summed E-state index contributed by atoms with van der Waals surface area (Å²) in [6.07, 6.45) is 5.33. The molecule has 0 amide bonds. The molecule has 0 saturated heterocycles. The predicted octanol–water partition coefficient (Wildman–Crippen LogP) is 2.44. The number of nitrogens with two attached hydrogens (primary N) is 2. The third kappa shape index (κ3) is 13.0. The Morgan fingerprint density at radius 2 is 0.965 bits per heavy atom. The van der Waals surface area contributed by atoms with Crippen molar-refractivity contribution in [3.05, 3.63) is 135 Å². The molecule has 0 aliphatic carbocycles. The van der Waals surface area contributed by atoms with Crippen molar-refractivity contribution in [3.63, 3.8) is 0 Å². The Balaban J connectivity index is 0.000000234. The highest BCUT2D eigenvalue weighted by atomic mass is 16.5. The summed E-state index contributed by atoms with van der Waals surface area (Å²) < 4.78 is 9.58. The van der Waals surface area contributed by atoms with Crippen molar-refractivity contribution in [2.45, 2.75) is 56.5 Å². The fourth-order valence-corrected chi connectivity index (χ4v) is 7.03. The molecule has 0 spiro atoms. The van der Waals surface area contributed by atoms with Crippen molar-refractivity contribution in [3.8, 4) is 36.4 Å². The van der Waals surface area contributed by atoms with E-state index in [0.717, 1.165) is 6.92 Å². The van der Waals surface area contributed by atoms with Gasteiger partial charge in [-0.25, -0.2) is 67.8 Å². The molecule has 9 aromatic rings. The van der Waals surface area contributed by atoms with Crippen LogP contribution in [0.5, 0.6) is 0 Å². The second kappa shape index (κ2) is 26.7. The van der Waals surface area contributed by atoms with E-state index in [1.165, 1.54) is 38.6 Å². The standard InChI is InChI=1S/C27H9N21.C17H16N6O5.C5H5N5/c1-32-17(25-39-13-8-35-16(6-31)41-23(13)47-25)26-45-20(10(3-28)18-37-12-7-34-15(5-30)40-22(12)43-18)42-21(46-26)11(4-29)19-38-14-9-36-27(33-2)48-24(14)44-19;1-5-27-16(25)11(8-19)14-21-13(10(7-18)9(3)24)22-15(23-14)12(20-4)17(26)28-6-2;1-8-5-9-2-3(6)4(7)10-5/h7-11,17H,(H,34,37,40,43)(H,35,39,41,47)(H,36,38,44,48);10-12H,5-6H2,1-3H3;2H,6H2,(H2,7,9,10). The van der Waals surface area contributed by atoms with E-state index in [1.807, 2.05) is 12.1 Å². The fourth-order valence-electron chi connectivity index (χ4n) is 7.03. The van der Waals surface area contributed by atoms with E-state index in [4.69, 9.17) is 47.2 Å². The van der Waals surface area contributed by atoms with Crippen molar-refractivity contribution in [2.75, 3.05) is 24.7 Å². The summed E-state index contributed by atoms with van der Waals surface area (Å²) in [7, 11) is 0. The molecule has 0 fully saturated rings. The predicted molar refractivity (Wildman–Crippen MR) is 281 cm³/mol. The minimum atomic E-state index is -1.62. The Morgan fingerprint density at radius 3 is 1.43 bits per heavy atom. The zero-order valence-electron chi connectivity index (χ0n) is 44.0. The molecule has 0 bridgehead atoms. The number of ether oxygens (including phenoxy) is 2. The van der Waals surface area contributed by atoms with E-state index in [0.29, 0.717) is 22.2 Å². The van der Waals surface area contributed by atoms with Gasteiger partial charge in [-0.1, -0.05) is 0 Å². The topological polar surface area (TPSA) is 548 Å². The quantitative estimate of drug-likeness (QED) is 0.0771. The van der Waals surface area contributed by atoms with Crippen LogP contribution in [0.1, 0.15) is 121 Å². The van der Waals surface area contributed by atoms with E-state index in [9.17, 15) is 46.0 Å². The van der Waals surface area contributed by atoms with E-state index < -0.39 is 65.1 Å². The zero-order valence-corrected chi connectivity index (χ0v) is 44.0. The van der Waals surface area contributed by atoms with Gasteiger partial charge in [-0.15, -0.1) is 23.1 Å². The number of aromatic nitrogens is 20. The lowest BCUT2D eigenvalue weighted by Gasteiger charge is -2.12. The number of rotatable bonds is 14. The number of hydrogen-bond donors (Lipinski definition) is 5. The molecule has 0 saturated carbocycles. The van der Waals surface area contributed by atoms with Crippen LogP contribution in [0.3, 0.4) is 0 Å². The monoisotopic (exact) mass is 1150 g/mol. The third-order valence-electron chi connectivity index (χ3n) is 10.9. The number of ketones is 1. The number of nitrogens with zero attached hydrogens (tertiary/aromatic N) is 27. The average molecular weight is 1150 g/mol. The molecule has 416 valence electrons. The van der Waals surface area contributed by atoms with Gasteiger partial charge < -0.3 is 45.6 Å². The molecule has 86 heavy (non-hydrogen) atoms. The number of anilines is 2. The van der Waals surface area contributed by atoms with Crippen LogP contribution in [-0.2, 0) is 23.9 Å². The maximum atomic E-state index is 12.0.